The average molecular weight is 315 g/mol. The summed E-state index contributed by atoms with van der Waals surface area (Å²) in [6.07, 6.45) is 0. The zero-order valence-electron chi connectivity index (χ0n) is 10.3. The Morgan fingerprint density at radius 1 is 1.35 bits per heavy atom. The molecule has 0 amide bonds. The largest absolute Gasteiger partial charge is 0.478 e. The van der Waals surface area contributed by atoms with E-state index in [9.17, 15) is 17.6 Å². The van der Waals surface area contributed by atoms with Crippen LogP contribution in [0.2, 0.25) is 0 Å². The van der Waals surface area contributed by atoms with Crippen LogP contribution in [-0.2, 0) is 10.0 Å². The maximum absolute atomic E-state index is 13.1. The molecule has 2 N–H and O–H groups in total. The molecule has 0 aliphatic heterocycles. The third-order valence-electron chi connectivity index (χ3n) is 2.53. The Bertz CT molecular complexity index is 768. The molecule has 8 heteroatoms. The number of aryl methyl sites for hydroxylation is 1. The molecule has 0 unspecified atom stereocenters. The molecule has 0 radical (unpaired) electrons. The fourth-order valence-corrected chi connectivity index (χ4v) is 3.74. The molecule has 2 rings (SSSR count). The van der Waals surface area contributed by atoms with Crippen molar-refractivity contribution in [2.45, 2.75) is 11.1 Å². The molecule has 5 nitrogen and oxygen atoms in total. The summed E-state index contributed by atoms with van der Waals surface area (Å²) in [7, 11) is -3.93. The van der Waals surface area contributed by atoms with Crippen LogP contribution < -0.4 is 4.72 Å². The molecule has 0 atom stereocenters. The highest BCUT2D eigenvalue weighted by atomic mass is 32.2. The van der Waals surface area contributed by atoms with E-state index in [2.05, 4.69) is 4.72 Å². The zero-order valence-corrected chi connectivity index (χ0v) is 11.9. The summed E-state index contributed by atoms with van der Waals surface area (Å²) in [6, 6.07) is 4.80. The van der Waals surface area contributed by atoms with Crippen LogP contribution in [0.15, 0.2) is 33.9 Å². The Kier molecular flexibility index (Phi) is 3.78. The number of benzene rings is 1. The molecule has 0 saturated carbocycles. The second-order valence-corrected chi connectivity index (χ2v) is 6.84. The molecule has 0 fully saturated rings. The van der Waals surface area contributed by atoms with Crippen molar-refractivity contribution in [3.8, 4) is 0 Å². The summed E-state index contributed by atoms with van der Waals surface area (Å²) in [4.78, 5) is 10.7. The van der Waals surface area contributed by atoms with E-state index in [1.807, 2.05) is 0 Å². The summed E-state index contributed by atoms with van der Waals surface area (Å²) in [6.45, 7) is 1.63. The highest BCUT2D eigenvalue weighted by Crippen LogP contribution is 2.25. The van der Waals surface area contributed by atoms with Crippen LogP contribution in [0.5, 0.6) is 0 Å². The van der Waals surface area contributed by atoms with Crippen molar-refractivity contribution in [1.29, 1.82) is 0 Å². The number of nitrogens with one attached hydrogen (secondary N) is 1. The maximum atomic E-state index is 13.1. The number of halogens is 1. The number of rotatable bonds is 4. The van der Waals surface area contributed by atoms with Crippen LogP contribution in [0.3, 0.4) is 0 Å². The number of thiophene rings is 1. The van der Waals surface area contributed by atoms with Gasteiger partial charge in [-0.1, -0.05) is 6.07 Å². The molecule has 1 aromatic heterocycles. The summed E-state index contributed by atoms with van der Waals surface area (Å²) in [5.74, 6) is -1.77. The first-order valence-electron chi connectivity index (χ1n) is 5.40. The lowest BCUT2D eigenvalue weighted by Gasteiger charge is -2.09. The first-order valence-corrected chi connectivity index (χ1v) is 7.76. The Labute approximate surface area is 118 Å². The van der Waals surface area contributed by atoms with Gasteiger partial charge >= 0.3 is 5.97 Å². The van der Waals surface area contributed by atoms with Gasteiger partial charge in [0, 0.05) is 5.38 Å². The lowest BCUT2D eigenvalue weighted by atomic mass is 10.2. The normalized spacial score (nSPS) is 11.3. The van der Waals surface area contributed by atoms with Gasteiger partial charge in [-0.2, -0.15) is 0 Å². The van der Waals surface area contributed by atoms with Gasteiger partial charge in [0.25, 0.3) is 10.0 Å². The molecule has 0 bridgehead atoms. The quantitative estimate of drug-likeness (QED) is 0.908. The van der Waals surface area contributed by atoms with Crippen molar-refractivity contribution in [3.63, 3.8) is 0 Å². The van der Waals surface area contributed by atoms with Crippen molar-refractivity contribution in [3.05, 3.63) is 46.6 Å². The molecular formula is C12H10FNO4S2. The van der Waals surface area contributed by atoms with E-state index in [-0.39, 0.29) is 15.5 Å². The van der Waals surface area contributed by atoms with E-state index in [1.165, 1.54) is 17.5 Å². The molecule has 20 heavy (non-hydrogen) atoms. The monoisotopic (exact) mass is 315 g/mol. The minimum absolute atomic E-state index is 0.105. The number of hydrogen-bond donors (Lipinski definition) is 2. The minimum Gasteiger partial charge on any atom is -0.478 e. The number of carboxylic acid groups (broad SMARTS) is 1. The molecular weight excluding hydrogens is 305 g/mol. The summed E-state index contributed by atoms with van der Waals surface area (Å²) in [5.41, 5.74) is 0.576. The van der Waals surface area contributed by atoms with E-state index < -0.39 is 21.8 Å². The number of aromatic carboxylic acids is 1. The Morgan fingerprint density at radius 2 is 2.05 bits per heavy atom. The van der Waals surface area contributed by atoms with Crippen molar-refractivity contribution in [2.24, 2.45) is 0 Å². The third-order valence-corrected chi connectivity index (χ3v) is 5.34. The van der Waals surface area contributed by atoms with Crippen molar-refractivity contribution < 1.29 is 22.7 Å². The number of sulfonamides is 1. The highest BCUT2D eigenvalue weighted by molar-refractivity contribution is 7.94. The molecule has 1 heterocycles. The smallest absolute Gasteiger partial charge is 0.336 e. The van der Waals surface area contributed by atoms with Crippen molar-refractivity contribution in [2.75, 3.05) is 4.72 Å². The van der Waals surface area contributed by atoms with Crippen molar-refractivity contribution >= 4 is 33.0 Å². The minimum atomic E-state index is -3.93. The van der Waals surface area contributed by atoms with Gasteiger partial charge in [0.1, 0.15) is 10.0 Å². The standard InChI is InChI=1S/C12H10FNO4S2/c1-7-2-3-9(13)5-10(7)14-20(17,18)11-4-8(6-19-11)12(15)16/h2-6,14H,1H3,(H,15,16). The first-order chi connectivity index (χ1) is 9.29. The fourth-order valence-electron chi connectivity index (χ4n) is 1.47. The van der Waals surface area contributed by atoms with E-state index in [1.54, 1.807) is 6.92 Å². The summed E-state index contributed by atoms with van der Waals surface area (Å²) in [5, 5.41) is 10.0. The number of carbonyl (C=O) groups is 1. The lowest BCUT2D eigenvalue weighted by Crippen LogP contribution is -2.12. The van der Waals surface area contributed by atoms with Crippen LogP contribution in [-0.4, -0.2) is 19.5 Å². The third kappa shape index (κ3) is 2.97. The van der Waals surface area contributed by atoms with E-state index in [4.69, 9.17) is 5.11 Å². The SMILES string of the molecule is Cc1ccc(F)cc1NS(=O)(=O)c1cc(C(=O)O)cs1. The molecule has 0 aliphatic rings. The molecule has 0 aliphatic carbocycles. The zero-order chi connectivity index (χ0) is 14.9. The molecule has 106 valence electrons. The predicted octanol–water partition coefficient (Wildman–Crippen LogP) is 2.69. The summed E-state index contributed by atoms with van der Waals surface area (Å²) < 4.78 is 39.4. The van der Waals surface area contributed by atoms with Gasteiger partial charge in [-0.05, 0) is 30.7 Å². The predicted molar refractivity (Wildman–Crippen MR) is 73.2 cm³/mol. The lowest BCUT2D eigenvalue weighted by molar-refractivity contribution is 0.0697. The van der Waals surface area contributed by atoms with Gasteiger partial charge in [-0.25, -0.2) is 17.6 Å². The van der Waals surface area contributed by atoms with Gasteiger partial charge < -0.3 is 5.11 Å². The van der Waals surface area contributed by atoms with Crippen LogP contribution in [0.4, 0.5) is 10.1 Å². The van der Waals surface area contributed by atoms with E-state index >= 15 is 0 Å². The van der Waals surface area contributed by atoms with Crippen LogP contribution in [0.25, 0.3) is 0 Å². The van der Waals surface area contributed by atoms with Crippen molar-refractivity contribution in [1.82, 2.24) is 0 Å². The van der Waals surface area contributed by atoms with Crippen LogP contribution in [0, 0.1) is 12.7 Å². The second-order valence-electron chi connectivity index (χ2n) is 4.02. The van der Waals surface area contributed by atoms with Gasteiger partial charge in [-0.3, -0.25) is 4.72 Å². The van der Waals surface area contributed by atoms with E-state index in [0.717, 1.165) is 23.5 Å². The Morgan fingerprint density at radius 3 is 2.65 bits per heavy atom. The van der Waals surface area contributed by atoms with Gasteiger partial charge in [0.15, 0.2) is 0 Å². The topological polar surface area (TPSA) is 83.5 Å². The van der Waals surface area contributed by atoms with E-state index in [0.29, 0.717) is 5.56 Å². The van der Waals surface area contributed by atoms with Gasteiger partial charge in [-0.15, -0.1) is 11.3 Å². The van der Waals surface area contributed by atoms with Gasteiger partial charge in [0.05, 0.1) is 11.3 Å². The number of carboxylic acids is 1. The average Bonchev–Trinajstić information content (AvgIpc) is 2.84. The van der Waals surface area contributed by atoms with Crippen LogP contribution in [0.1, 0.15) is 15.9 Å². The Hall–Kier alpha value is -1.93. The fraction of sp³-hybridized carbons (Fsp3) is 0.0833. The molecule has 2 aromatic rings. The molecule has 1 aromatic carbocycles. The Balaban J connectivity index is 2.35. The second kappa shape index (κ2) is 5.22. The van der Waals surface area contributed by atoms with Crippen LogP contribution >= 0.6 is 11.3 Å². The molecule has 0 spiro atoms. The van der Waals surface area contributed by atoms with Gasteiger partial charge in [0.2, 0.25) is 0 Å². The first kappa shape index (κ1) is 14.5. The number of hydrogen-bond acceptors (Lipinski definition) is 4. The molecule has 0 saturated heterocycles. The number of anilines is 1. The maximum Gasteiger partial charge on any atom is 0.336 e. The summed E-state index contributed by atoms with van der Waals surface area (Å²) >= 11 is 0.789. The highest BCUT2D eigenvalue weighted by Gasteiger charge is 2.19.